The summed E-state index contributed by atoms with van der Waals surface area (Å²) < 4.78 is 0. The van der Waals surface area contributed by atoms with Crippen LogP contribution in [-0.4, -0.2) is 18.0 Å². The Hall–Kier alpha value is -0.570. The Labute approximate surface area is 105 Å². The van der Waals surface area contributed by atoms with Crippen LogP contribution in [0.15, 0.2) is 0 Å². The SMILES string of the molecule is NCC1(NC(=O)CCC2CCCC2)CCCC1. The molecule has 98 valence electrons. The van der Waals surface area contributed by atoms with Gasteiger partial charge in [0.1, 0.15) is 0 Å². The second-order valence-corrected chi connectivity index (χ2v) is 5.93. The Balaban J connectivity index is 1.72. The fourth-order valence-electron chi connectivity index (χ4n) is 3.42. The molecule has 0 atom stereocenters. The van der Waals surface area contributed by atoms with Crippen LogP contribution in [0.1, 0.15) is 64.2 Å². The Kier molecular flexibility index (Phi) is 4.43. The molecule has 2 aliphatic rings. The van der Waals surface area contributed by atoms with Crippen molar-refractivity contribution < 1.29 is 4.79 Å². The maximum Gasteiger partial charge on any atom is 0.220 e. The van der Waals surface area contributed by atoms with Gasteiger partial charge in [0.15, 0.2) is 0 Å². The van der Waals surface area contributed by atoms with E-state index in [1.807, 2.05) is 0 Å². The van der Waals surface area contributed by atoms with E-state index in [9.17, 15) is 4.79 Å². The van der Waals surface area contributed by atoms with Gasteiger partial charge in [0, 0.05) is 13.0 Å². The van der Waals surface area contributed by atoms with Gasteiger partial charge in [0.25, 0.3) is 0 Å². The molecule has 3 nitrogen and oxygen atoms in total. The van der Waals surface area contributed by atoms with Gasteiger partial charge in [-0.3, -0.25) is 4.79 Å². The number of nitrogens with one attached hydrogen (secondary N) is 1. The lowest BCUT2D eigenvalue weighted by atomic mass is 9.96. The van der Waals surface area contributed by atoms with Crippen molar-refractivity contribution in [2.24, 2.45) is 11.7 Å². The molecule has 0 aromatic carbocycles. The predicted octanol–water partition coefficient (Wildman–Crippen LogP) is 2.34. The molecule has 2 fully saturated rings. The number of nitrogens with two attached hydrogens (primary N) is 1. The summed E-state index contributed by atoms with van der Waals surface area (Å²) in [6.07, 6.45) is 11.7. The lowest BCUT2D eigenvalue weighted by Crippen LogP contribution is -2.51. The van der Waals surface area contributed by atoms with Gasteiger partial charge in [-0.15, -0.1) is 0 Å². The molecule has 0 saturated heterocycles. The maximum absolute atomic E-state index is 12.0. The number of amides is 1. The molecular weight excluding hydrogens is 212 g/mol. The Bertz CT molecular complexity index is 253. The van der Waals surface area contributed by atoms with E-state index in [0.717, 1.165) is 25.2 Å². The van der Waals surface area contributed by atoms with E-state index < -0.39 is 0 Å². The summed E-state index contributed by atoms with van der Waals surface area (Å²) in [6.45, 7) is 0.599. The topological polar surface area (TPSA) is 55.1 Å². The summed E-state index contributed by atoms with van der Waals surface area (Å²) >= 11 is 0. The van der Waals surface area contributed by atoms with Crippen LogP contribution in [0.2, 0.25) is 0 Å². The van der Waals surface area contributed by atoms with Crippen LogP contribution >= 0.6 is 0 Å². The van der Waals surface area contributed by atoms with Gasteiger partial charge in [-0.1, -0.05) is 38.5 Å². The van der Waals surface area contributed by atoms with Gasteiger partial charge < -0.3 is 11.1 Å². The molecule has 2 rings (SSSR count). The highest BCUT2D eigenvalue weighted by Gasteiger charge is 2.33. The Morgan fingerprint density at radius 3 is 2.41 bits per heavy atom. The Morgan fingerprint density at radius 2 is 1.82 bits per heavy atom. The van der Waals surface area contributed by atoms with Crippen LogP contribution in [0.25, 0.3) is 0 Å². The number of hydrogen-bond donors (Lipinski definition) is 2. The zero-order valence-corrected chi connectivity index (χ0v) is 10.8. The summed E-state index contributed by atoms with van der Waals surface area (Å²) in [7, 11) is 0. The summed E-state index contributed by atoms with van der Waals surface area (Å²) in [5, 5.41) is 3.20. The smallest absolute Gasteiger partial charge is 0.220 e. The minimum Gasteiger partial charge on any atom is -0.349 e. The summed E-state index contributed by atoms with van der Waals surface area (Å²) in [6, 6.07) is 0. The van der Waals surface area contributed by atoms with E-state index in [0.29, 0.717) is 13.0 Å². The van der Waals surface area contributed by atoms with Crippen LogP contribution in [0.4, 0.5) is 0 Å². The molecule has 0 unspecified atom stereocenters. The van der Waals surface area contributed by atoms with Crippen molar-refractivity contribution in [2.75, 3.05) is 6.54 Å². The fourth-order valence-corrected chi connectivity index (χ4v) is 3.42. The number of rotatable bonds is 5. The van der Waals surface area contributed by atoms with Crippen LogP contribution in [-0.2, 0) is 4.79 Å². The number of carbonyl (C=O) groups excluding carboxylic acids is 1. The van der Waals surface area contributed by atoms with Crippen molar-refractivity contribution in [2.45, 2.75) is 69.7 Å². The first-order valence-electron chi connectivity index (χ1n) is 7.25. The van der Waals surface area contributed by atoms with Crippen molar-refractivity contribution in [3.05, 3.63) is 0 Å². The average Bonchev–Trinajstić information content (AvgIpc) is 2.98. The first-order chi connectivity index (χ1) is 8.24. The molecule has 0 spiro atoms. The van der Waals surface area contributed by atoms with Crippen molar-refractivity contribution in [3.63, 3.8) is 0 Å². The molecule has 1 amide bonds. The minimum absolute atomic E-state index is 0.0627. The third kappa shape index (κ3) is 3.44. The molecule has 0 bridgehead atoms. The summed E-state index contributed by atoms with van der Waals surface area (Å²) in [4.78, 5) is 12.0. The maximum atomic E-state index is 12.0. The average molecular weight is 238 g/mol. The highest BCUT2D eigenvalue weighted by molar-refractivity contribution is 5.76. The first-order valence-corrected chi connectivity index (χ1v) is 7.25. The quantitative estimate of drug-likeness (QED) is 0.772. The predicted molar refractivity (Wildman–Crippen MR) is 69.6 cm³/mol. The second kappa shape index (κ2) is 5.85. The second-order valence-electron chi connectivity index (χ2n) is 5.93. The Morgan fingerprint density at radius 1 is 1.18 bits per heavy atom. The van der Waals surface area contributed by atoms with Crippen molar-refractivity contribution in [1.29, 1.82) is 0 Å². The molecule has 0 aromatic rings. The van der Waals surface area contributed by atoms with E-state index in [1.54, 1.807) is 0 Å². The van der Waals surface area contributed by atoms with Gasteiger partial charge in [-0.05, 0) is 25.2 Å². The normalized spacial score (nSPS) is 24.1. The van der Waals surface area contributed by atoms with Crippen LogP contribution in [0, 0.1) is 5.92 Å². The van der Waals surface area contributed by atoms with Gasteiger partial charge in [-0.25, -0.2) is 0 Å². The highest BCUT2D eigenvalue weighted by atomic mass is 16.1. The monoisotopic (exact) mass is 238 g/mol. The van der Waals surface area contributed by atoms with Gasteiger partial charge in [-0.2, -0.15) is 0 Å². The molecule has 3 heteroatoms. The van der Waals surface area contributed by atoms with Crippen LogP contribution in [0.5, 0.6) is 0 Å². The van der Waals surface area contributed by atoms with E-state index >= 15 is 0 Å². The molecule has 17 heavy (non-hydrogen) atoms. The summed E-state index contributed by atoms with van der Waals surface area (Å²) in [5.41, 5.74) is 5.76. The van der Waals surface area contributed by atoms with Gasteiger partial charge in [0.2, 0.25) is 5.91 Å². The number of carbonyl (C=O) groups is 1. The standard InChI is InChI=1S/C14H26N2O/c15-11-14(9-3-4-10-14)16-13(17)8-7-12-5-1-2-6-12/h12H,1-11,15H2,(H,16,17). The first kappa shape index (κ1) is 12.9. The van der Waals surface area contributed by atoms with Crippen molar-refractivity contribution >= 4 is 5.91 Å². The largest absolute Gasteiger partial charge is 0.349 e. The van der Waals surface area contributed by atoms with E-state index in [2.05, 4.69) is 5.32 Å². The molecular formula is C14H26N2O. The lowest BCUT2D eigenvalue weighted by molar-refractivity contribution is -0.123. The fraction of sp³-hybridized carbons (Fsp3) is 0.929. The van der Waals surface area contributed by atoms with E-state index in [4.69, 9.17) is 5.73 Å². The van der Waals surface area contributed by atoms with Crippen molar-refractivity contribution in [1.82, 2.24) is 5.32 Å². The van der Waals surface area contributed by atoms with Gasteiger partial charge >= 0.3 is 0 Å². The zero-order valence-electron chi connectivity index (χ0n) is 10.8. The molecule has 0 aliphatic heterocycles. The van der Waals surface area contributed by atoms with Gasteiger partial charge in [0.05, 0.1) is 5.54 Å². The lowest BCUT2D eigenvalue weighted by Gasteiger charge is -2.29. The molecule has 2 aliphatic carbocycles. The highest BCUT2D eigenvalue weighted by Crippen LogP contribution is 2.30. The van der Waals surface area contributed by atoms with E-state index in [1.165, 1.54) is 38.5 Å². The third-order valence-electron chi connectivity index (χ3n) is 4.61. The van der Waals surface area contributed by atoms with Crippen LogP contribution < -0.4 is 11.1 Å². The minimum atomic E-state index is -0.0627. The number of hydrogen-bond acceptors (Lipinski definition) is 2. The van der Waals surface area contributed by atoms with Crippen LogP contribution in [0.3, 0.4) is 0 Å². The van der Waals surface area contributed by atoms with E-state index in [-0.39, 0.29) is 11.4 Å². The van der Waals surface area contributed by atoms with Crippen molar-refractivity contribution in [3.8, 4) is 0 Å². The molecule has 2 saturated carbocycles. The molecule has 0 radical (unpaired) electrons. The molecule has 0 aromatic heterocycles. The summed E-state index contributed by atoms with van der Waals surface area (Å²) in [5.74, 6) is 1.03. The molecule has 0 heterocycles. The third-order valence-corrected chi connectivity index (χ3v) is 4.61. The molecule has 3 N–H and O–H groups in total. The zero-order chi connectivity index (χ0) is 12.1.